The standard InChI is InChI=1S/C12H17NO2/c1-9-2-5-12(11(6-9)7-13-14)15-8-10-3-4-10/h2,5-6,10,13-14H,3-4,7-8H2,1H3. The Morgan fingerprint density at radius 3 is 2.93 bits per heavy atom. The summed E-state index contributed by atoms with van der Waals surface area (Å²) in [4.78, 5) is 0. The Kier molecular flexibility index (Phi) is 3.23. The molecule has 0 spiro atoms. The van der Waals surface area contributed by atoms with Crippen molar-refractivity contribution in [2.75, 3.05) is 6.61 Å². The van der Waals surface area contributed by atoms with Gasteiger partial charge < -0.3 is 9.94 Å². The van der Waals surface area contributed by atoms with E-state index in [1.807, 2.05) is 25.1 Å². The summed E-state index contributed by atoms with van der Waals surface area (Å²) in [5, 5.41) is 8.72. The van der Waals surface area contributed by atoms with Gasteiger partial charge in [-0.15, -0.1) is 0 Å². The average molecular weight is 207 g/mol. The normalized spacial score (nSPS) is 15.3. The van der Waals surface area contributed by atoms with Gasteiger partial charge in [0.05, 0.1) is 6.61 Å². The molecule has 1 aromatic rings. The van der Waals surface area contributed by atoms with Gasteiger partial charge in [-0.2, -0.15) is 0 Å². The van der Waals surface area contributed by atoms with Gasteiger partial charge in [0.15, 0.2) is 0 Å². The molecule has 1 fully saturated rings. The van der Waals surface area contributed by atoms with Crippen molar-refractivity contribution in [2.45, 2.75) is 26.3 Å². The van der Waals surface area contributed by atoms with Crippen molar-refractivity contribution < 1.29 is 9.94 Å². The Hall–Kier alpha value is -1.06. The maximum Gasteiger partial charge on any atom is 0.123 e. The minimum Gasteiger partial charge on any atom is -0.493 e. The molecule has 1 aliphatic rings. The molecule has 0 radical (unpaired) electrons. The Labute approximate surface area is 90.0 Å². The van der Waals surface area contributed by atoms with Crippen LogP contribution in [0.1, 0.15) is 24.0 Å². The van der Waals surface area contributed by atoms with E-state index in [2.05, 4.69) is 5.48 Å². The number of hydrogen-bond acceptors (Lipinski definition) is 3. The number of rotatable bonds is 5. The third-order valence-electron chi connectivity index (χ3n) is 2.66. The lowest BCUT2D eigenvalue weighted by atomic mass is 10.1. The fourth-order valence-corrected chi connectivity index (χ4v) is 1.56. The molecular formula is C12H17NO2. The molecule has 3 heteroatoms. The molecule has 2 N–H and O–H groups in total. The van der Waals surface area contributed by atoms with Crippen molar-refractivity contribution in [3.05, 3.63) is 29.3 Å². The van der Waals surface area contributed by atoms with Crippen LogP contribution in [0, 0.1) is 12.8 Å². The molecule has 0 heterocycles. The Balaban J connectivity index is 2.04. The van der Waals surface area contributed by atoms with E-state index < -0.39 is 0 Å². The molecule has 0 unspecified atom stereocenters. The zero-order valence-electron chi connectivity index (χ0n) is 8.99. The van der Waals surface area contributed by atoms with E-state index in [4.69, 9.17) is 9.94 Å². The Morgan fingerprint density at radius 2 is 2.27 bits per heavy atom. The summed E-state index contributed by atoms with van der Waals surface area (Å²) in [5.41, 5.74) is 4.37. The third kappa shape index (κ3) is 2.94. The van der Waals surface area contributed by atoms with E-state index in [0.717, 1.165) is 23.8 Å². The number of ether oxygens (including phenoxy) is 1. The highest BCUT2D eigenvalue weighted by atomic mass is 16.5. The minimum absolute atomic E-state index is 0.432. The second-order valence-corrected chi connectivity index (χ2v) is 4.20. The number of hydroxylamine groups is 1. The molecule has 0 atom stereocenters. The zero-order chi connectivity index (χ0) is 10.7. The maximum absolute atomic E-state index is 8.72. The number of nitrogens with one attached hydrogen (secondary N) is 1. The fraction of sp³-hybridized carbons (Fsp3) is 0.500. The quantitative estimate of drug-likeness (QED) is 0.728. The highest BCUT2D eigenvalue weighted by Crippen LogP contribution is 2.30. The van der Waals surface area contributed by atoms with Crippen molar-refractivity contribution in [3.8, 4) is 5.75 Å². The van der Waals surface area contributed by atoms with Crippen molar-refractivity contribution in [1.82, 2.24) is 5.48 Å². The van der Waals surface area contributed by atoms with E-state index >= 15 is 0 Å². The van der Waals surface area contributed by atoms with Gasteiger partial charge in [0.25, 0.3) is 0 Å². The van der Waals surface area contributed by atoms with Crippen LogP contribution in [0.25, 0.3) is 0 Å². The van der Waals surface area contributed by atoms with Crippen molar-refractivity contribution in [3.63, 3.8) is 0 Å². The van der Waals surface area contributed by atoms with Gasteiger partial charge in [-0.3, -0.25) is 0 Å². The molecule has 0 bridgehead atoms. The molecule has 0 aromatic heterocycles. The van der Waals surface area contributed by atoms with Crippen LogP contribution in [-0.2, 0) is 6.54 Å². The maximum atomic E-state index is 8.72. The first-order valence-electron chi connectivity index (χ1n) is 5.39. The molecule has 0 amide bonds. The van der Waals surface area contributed by atoms with E-state index in [-0.39, 0.29) is 0 Å². The summed E-state index contributed by atoms with van der Waals surface area (Å²) < 4.78 is 5.72. The van der Waals surface area contributed by atoms with Gasteiger partial charge in [0.1, 0.15) is 5.75 Å². The van der Waals surface area contributed by atoms with Gasteiger partial charge in [0.2, 0.25) is 0 Å². The van der Waals surface area contributed by atoms with Crippen LogP contribution in [-0.4, -0.2) is 11.8 Å². The number of hydrogen-bond donors (Lipinski definition) is 2. The van der Waals surface area contributed by atoms with Gasteiger partial charge in [-0.05, 0) is 31.7 Å². The Morgan fingerprint density at radius 1 is 1.47 bits per heavy atom. The summed E-state index contributed by atoms with van der Waals surface area (Å²) in [6.07, 6.45) is 2.58. The smallest absolute Gasteiger partial charge is 0.123 e. The predicted octanol–water partition coefficient (Wildman–Crippen LogP) is 2.26. The monoisotopic (exact) mass is 207 g/mol. The molecule has 1 aliphatic carbocycles. The van der Waals surface area contributed by atoms with Crippen LogP contribution in [0.3, 0.4) is 0 Å². The van der Waals surface area contributed by atoms with Crippen LogP contribution in [0.4, 0.5) is 0 Å². The van der Waals surface area contributed by atoms with Crippen LogP contribution < -0.4 is 10.2 Å². The van der Waals surface area contributed by atoms with Crippen LogP contribution in [0.2, 0.25) is 0 Å². The molecule has 1 aromatic carbocycles. The summed E-state index contributed by atoms with van der Waals surface area (Å²) in [6.45, 7) is 3.27. The van der Waals surface area contributed by atoms with Crippen molar-refractivity contribution in [2.24, 2.45) is 5.92 Å². The van der Waals surface area contributed by atoms with Gasteiger partial charge >= 0.3 is 0 Å². The highest BCUT2D eigenvalue weighted by molar-refractivity contribution is 5.36. The molecular weight excluding hydrogens is 190 g/mol. The summed E-state index contributed by atoms with van der Waals surface area (Å²) in [5.74, 6) is 1.63. The molecule has 3 nitrogen and oxygen atoms in total. The second kappa shape index (κ2) is 4.64. The van der Waals surface area contributed by atoms with Crippen LogP contribution >= 0.6 is 0 Å². The third-order valence-corrected chi connectivity index (χ3v) is 2.66. The van der Waals surface area contributed by atoms with Crippen molar-refractivity contribution >= 4 is 0 Å². The molecule has 15 heavy (non-hydrogen) atoms. The van der Waals surface area contributed by atoms with E-state index in [0.29, 0.717) is 6.54 Å². The molecule has 0 aliphatic heterocycles. The van der Waals surface area contributed by atoms with Crippen LogP contribution in [0.15, 0.2) is 18.2 Å². The summed E-state index contributed by atoms with van der Waals surface area (Å²) >= 11 is 0. The molecule has 2 rings (SSSR count). The van der Waals surface area contributed by atoms with Crippen molar-refractivity contribution in [1.29, 1.82) is 0 Å². The van der Waals surface area contributed by atoms with Gasteiger partial charge in [-0.1, -0.05) is 17.7 Å². The predicted molar refractivity (Wildman–Crippen MR) is 58.0 cm³/mol. The van der Waals surface area contributed by atoms with Crippen LogP contribution in [0.5, 0.6) is 5.75 Å². The topological polar surface area (TPSA) is 41.5 Å². The minimum atomic E-state index is 0.432. The lowest BCUT2D eigenvalue weighted by Crippen LogP contribution is -2.09. The first-order valence-corrected chi connectivity index (χ1v) is 5.39. The first kappa shape index (κ1) is 10.5. The highest BCUT2D eigenvalue weighted by Gasteiger charge is 2.22. The van der Waals surface area contributed by atoms with Gasteiger partial charge in [-0.25, -0.2) is 5.48 Å². The second-order valence-electron chi connectivity index (χ2n) is 4.20. The zero-order valence-corrected chi connectivity index (χ0v) is 8.99. The summed E-state index contributed by atoms with van der Waals surface area (Å²) in [6, 6.07) is 6.04. The fourth-order valence-electron chi connectivity index (χ4n) is 1.56. The largest absolute Gasteiger partial charge is 0.493 e. The molecule has 82 valence electrons. The van der Waals surface area contributed by atoms with Gasteiger partial charge in [0, 0.05) is 12.1 Å². The van der Waals surface area contributed by atoms with E-state index in [9.17, 15) is 0 Å². The summed E-state index contributed by atoms with van der Waals surface area (Å²) in [7, 11) is 0. The lowest BCUT2D eigenvalue weighted by molar-refractivity contribution is 0.159. The Bertz CT molecular complexity index is 334. The first-order chi connectivity index (χ1) is 7.29. The molecule has 0 saturated heterocycles. The SMILES string of the molecule is Cc1ccc(OCC2CC2)c(CNO)c1. The lowest BCUT2D eigenvalue weighted by Gasteiger charge is -2.11. The van der Waals surface area contributed by atoms with E-state index in [1.165, 1.54) is 18.4 Å². The van der Waals surface area contributed by atoms with E-state index in [1.54, 1.807) is 0 Å². The number of benzene rings is 1. The molecule has 1 saturated carbocycles. The average Bonchev–Trinajstić information content (AvgIpc) is 3.01. The number of aryl methyl sites for hydroxylation is 1.